The van der Waals surface area contributed by atoms with Crippen LogP contribution in [0, 0.1) is 23.1 Å². The number of hydrogen-bond acceptors (Lipinski definition) is 8. The van der Waals surface area contributed by atoms with Crippen molar-refractivity contribution < 1.29 is 18.8 Å². The van der Waals surface area contributed by atoms with Gasteiger partial charge < -0.3 is 10.6 Å². The summed E-state index contributed by atoms with van der Waals surface area (Å²) in [6, 6.07) is 5.14. The molecular weight excluding hydrogens is 405 g/mol. The highest BCUT2D eigenvalue weighted by Gasteiger charge is 2.38. The first kappa shape index (κ1) is 20.6. The number of carbonyl (C=O) groups is 2. The molecule has 11 heteroatoms. The SMILES string of the molecule is N#Cc1ccc([C@@H]2CCON2C(=O)C2CCN(c3ncc(F)c(C(N)=O)n3)CC2)nc1. The molecule has 0 aliphatic carbocycles. The number of halogens is 1. The lowest BCUT2D eigenvalue weighted by molar-refractivity contribution is -0.182. The molecule has 0 bridgehead atoms. The van der Waals surface area contributed by atoms with Gasteiger partial charge in [0.15, 0.2) is 11.5 Å². The van der Waals surface area contributed by atoms with E-state index in [9.17, 15) is 14.0 Å². The third-order valence-electron chi connectivity index (χ3n) is 5.47. The minimum atomic E-state index is -0.958. The highest BCUT2D eigenvalue weighted by atomic mass is 19.1. The Labute approximate surface area is 177 Å². The maximum atomic E-state index is 13.6. The third kappa shape index (κ3) is 4.15. The van der Waals surface area contributed by atoms with Crippen molar-refractivity contribution in [1.82, 2.24) is 20.0 Å². The topological polar surface area (TPSA) is 138 Å². The molecule has 0 radical (unpaired) electrons. The molecule has 0 unspecified atom stereocenters. The van der Waals surface area contributed by atoms with Gasteiger partial charge in [-0.15, -0.1) is 0 Å². The van der Waals surface area contributed by atoms with Crippen LogP contribution in [0.15, 0.2) is 24.5 Å². The van der Waals surface area contributed by atoms with Crippen LogP contribution < -0.4 is 10.6 Å². The fourth-order valence-corrected chi connectivity index (χ4v) is 3.81. The molecule has 2 aliphatic heterocycles. The van der Waals surface area contributed by atoms with Crippen molar-refractivity contribution in [2.75, 3.05) is 24.6 Å². The van der Waals surface area contributed by atoms with Gasteiger partial charge in [0.2, 0.25) is 11.9 Å². The number of hydroxylamine groups is 2. The molecular formula is C20H20FN7O3. The van der Waals surface area contributed by atoms with Gasteiger partial charge in [-0.25, -0.2) is 19.4 Å². The Bertz CT molecular complexity index is 1030. The monoisotopic (exact) mass is 425 g/mol. The summed E-state index contributed by atoms with van der Waals surface area (Å²) < 4.78 is 13.6. The Morgan fingerprint density at radius 3 is 2.61 bits per heavy atom. The van der Waals surface area contributed by atoms with Crippen LogP contribution in [0.3, 0.4) is 0 Å². The Kier molecular flexibility index (Phi) is 5.73. The van der Waals surface area contributed by atoms with Crippen molar-refractivity contribution in [1.29, 1.82) is 5.26 Å². The molecule has 2 aromatic rings. The van der Waals surface area contributed by atoms with Crippen LogP contribution in [0.1, 0.15) is 47.1 Å². The molecule has 2 N–H and O–H groups in total. The molecule has 1 atom stereocenters. The van der Waals surface area contributed by atoms with Gasteiger partial charge >= 0.3 is 0 Å². The van der Waals surface area contributed by atoms with E-state index in [1.54, 1.807) is 17.0 Å². The van der Waals surface area contributed by atoms with Gasteiger partial charge in [0, 0.05) is 31.6 Å². The number of amides is 2. The lowest BCUT2D eigenvalue weighted by Gasteiger charge is -2.34. The molecule has 2 aliphatic rings. The molecule has 10 nitrogen and oxygen atoms in total. The second kappa shape index (κ2) is 8.61. The molecule has 0 saturated carbocycles. The lowest BCUT2D eigenvalue weighted by Crippen LogP contribution is -2.42. The molecule has 2 saturated heterocycles. The van der Waals surface area contributed by atoms with E-state index < -0.39 is 17.4 Å². The first-order valence-electron chi connectivity index (χ1n) is 9.87. The van der Waals surface area contributed by atoms with Crippen molar-refractivity contribution >= 4 is 17.8 Å². The Balaban J connectivity index is 1.41. The minimum Gasteiger partial charge on any atom is -0.364 e. The average Bonchev–Trinajstić information content (AvgIpc) is 3.29. The highest BCUT2D eigenvalue weighted by molar-refractivity contribution is 5.91. The Morgan fingerprint density at radius 2 is 1.97 bits per heavy atom. The van der Waals surface area contributed by atoms with E-state index >= 15 is 0 Å². The van der Waals surface area contributed by atoms with Gasteiger partial charge in [-0.05, 0) is 25.0 Å². The summed E-state index contributed by atoms with van der Waals surface area (Å²) in [6.45, 7) is 1.35. The number of hydrogen-bond donors (Lipinski definition) is 1. The third-order valence-corrected chi connectivity index (χ3v) is 5.47. The van der Waals surface area contributed by atoms with Gasteiger partial charge in [0.25, 0.3) is 5.91 Å². The standard InChI is InChI=1S/C20H20FN7O3/c21-14-11-25-20(26-17(14)18(23)29)27-6-3-13(4-7-27)19(30)28-16(5-8-31-28)15-2-1-12(9-22)10-24-15/h1-2,10-11,13,16H,3-8H2,(H2,23,29)/t16-/m0/s1. The predicted octanol–water partition coefficient (Wildman–Crippen LogP) is 1.10. The normalized spacial score (nSPS) is 19.3. The lowest BCUT2D eigenvalue weighted by atomic mass is 9.95. The van der Waals surface area contributed by atoms with Crippen molar-refractivity contribution in [3.05, 3.63) is 47.3 Å². The summed E-state index contributed by atoms with van der Waals surface area (Å²) >= 11 is 0. The Hall–Kier alpha value is -3.65. The maximum absolute atomic E-state index is 13.6. The van der Waals surface area contributed by atoms with E-state index in [4.69, 9.17) is 15.8 Å². The van der Waals surface area contributed by atoms with Crippen LogP contribution in [0.2, 0.25) is 0 Å². The van der Waals surface area contributed by atoms with Crippen molar-refractivity contribution in [3.63, 3.8) is 0 Å². The van der Waals surface area contributed by atoms with E-state index in [0.717, 1.165) is 6.20 Å². The van der Waals surface area contributed by atoms with E-state index in [-0.39, 0.29) is 23.8 Å². The molecule has 0 spiro atoms. The zero-order chi connectivity index (χ0) is 22.0. The summed E-state index contributed by atoms with van der Waals surface area (Å²) in [7, 11) is 0. The van der Waals surface area contributed by atoms with Crippen molar-refractivity contribution in [2.24, 2.45) is 11.7 Å². The second-order valence-corrected chi connectivity index (χ2v) is 7.38. The van der Waals surface area contributed by atoms with Crippen LogP contribution in [-0.4, -0.2) is 51.5 Å². The maximum Gasteiger partial charge on any atom is 0.270 e. The van der Waals surface area contributed by atoms with Gasteiger partial charge in [-0.1, -0.05) is 0 Å². The Morgan fingerprint density at radius 1 is 1.19 bits per heavy atom. The van der Waals surface area contributed by atoms with Crippen LogP contribution in [0.4, 0.5) is 10.3 Å². The number of anilines is 1. The number of piperidine rings is 1. The second-order valence-electron chi connectivity index (χ2n) is 7.38. The first-order chi connectivity index (χ1) is 15.0. The summed E-state index contributed by atoms with van der Waals surface area (Å²) in [5.74, 6) is -1.99. The van der Waals surface area contributed by atoms with E-state index in [1.165, 1.54) is 11.3 Å². The van der Waals surface area contributed by atoms with Crippen LogP contribution >= 0.6 is 0 Å². The predicted molar refractivity (Wildman–Crippen MR) is 105 cm³/mol. The van der Waals surface area contributed by atoms with Crippen molar-refractivity contribution in [2.45, 2.75) is 25.3 Å². The van der Waals surface area contributed by atoms with Gasteiger partial charge in [0.05, 0.1) is 24.1 Å². The smallest absolute Gasteiger partial charge is 0.270 e. The van der Waals surface area contributed by atoms with Crippen molar-refractivity contribution in [3.8, 4) is 6.07 Å². The molecule has 160 valence electrons. The van der Waals surface area contributed by atoms with Gasteiger partial charge in [-0.3, -0.25) is 19.4 Å². The molecule has 0 aromatic carbocycles. The van der Waals surface area contributed by atoms with Crippen LogP contribution in [0.25, 0.3) is 0 Å². The zero-order valence-corrected chi connectivity index (χ0v) is 16.6. The van der Waals surface area contributed by atoms with Gasteiger partial charge in [-0.2, -0.15) is 5.26 Å². The average molecular weight is 425 g/mol. The quantitative estimate of drug-likeness (QED) is 0.768. The molecule has 2 fully saturated rings. The largest absolute Gasteiger partial charge is 0.364 e. The number of rotatable bonds is 4. The molecule has 31 heavy (non-hydrogen) atoms. The number of nitrogens with zero attached hydrogens (tertiary/aromatic N) is 6. The molecule has 2 aromatic heterocycles. The summed E-state index contributed by atoms with van der Waals surface area (Å²) in [6.07, 6.45) is 4.09. The fraction of sp³-hybridized carbons (Fsp3) is 0.400. The number of primary amides is 1. The number of aromatic nitrogens is 3. The number of nitrogens with two attached hydrogens (primary N) is 1. The number of nitriles is 1. The van der Waals surface area contributed by atoms with Gasteiger partial charge in [0.1, 0.15) is 12.1 Å². The van der Waals surface area contributed by atoms with Crippen LogP contribution in [-0.2, 0) is 9.63 Å². The first-order valence-corrected chi connectivity index (χ1v) is 9.87. The fourth-order valence-electron chi connectivity index (χ4n) is 3.81. The number of pyridine rings is 1. The molecule has 4 rings (SSSR count). The van der Waals surface area contributed by atoms with E-state index in [0.29, 0.717) is 50.2 Å². The summed E-state index contributed by atoms with van der Waals surface area (Å²) in [4.78, 5) is 44.0. The van der Waals surface area contributed by atoms with E-state index in [2.05, 4.69) is 15.0 Å². The zero-order valence-electron chi connectivity index (χ0n) is 16.6. The summed E-state index contributed by atoms with van der Waals surface area (Å²) in [5.41, 5.74) is 5.83. The van der Waals surface area contributed by atoms with Crippen LogP contribution in [0.5, 0.6) is 0 Å². The molecule has 2 amide bonds. The molecule has 4 heterocycles. The minimum absolute atomic E-state index is 0.119. The van der Waals surface area contributed by atoms with E-state index in [1.807, 2.05) is 6.07 Å². The highest BCUT2D eigenvalue weighted by Crippen LogP contribution is 2.33. The summed E-state index contributed by atoms with van der Waals surface area (Å²) in [5, 5.41) is 10.3. The number of carbonyl (C=O) groups excluding carboxylic acids is 2.